The molecular weight excluding hydrogens is 343 g/mol. The quantitative estimate of drug-likeness (QED) is 0.565. The second-order valence-corrected chi connectivity index (χ2v) is 6.10. The number of nitrogens with one attached hydrogen (secondary N) is 1. The summed E-state index contributed by atoms with van der Waals surface area (Å²) in [5, 5.41) is 14.9. The van der Waals surface area contributed by atoms with Gasteiger partial charge in [0.2, 0.25) is 0 Å². The number of hydrogen-bond acceptors (Lipinski definition) is 4. The molecule has 0 amide bonds. The van der Waals surface area contributed by atoms with Crippen molar-refractivity contribution in [1.82, 2.24) is 0 Å². The van der Waals surface area contributed by atoms with Crippen LogP contribution in [0.4, 0.5) is 18.9 Å². The van der Waals surface area contributed by atoms with Crippen LogP contribution in [-0.4, -0.2) is 24.0 Å². The third kappa shape index (κ3) is 5.43. The molecule has 24 heavy (non-hydrogen) atoms. The van der Waals surface area contributed by atoms with E-state index in [0.29, 0.717) is 5.69 Å². The van der Waals surface area contributed by atoms with Crippen LogP contribution in [0.5, 0.6) is 5.75 Å². The van der Waals surface area contributed by atoms with E-state index in [4.69, 9.17) is 5.73 Å². The fraction of sp³-hybridized carbons (Fsp3) is 0.267. The van der Waals surface area contributed by atoms with Gasteiger partial charge in [0.1, 0.15) is 11.4 Å². The van der Waals surface area contributed by atoms with Gasteiger partial charge in [0, 0.05) is 10.6 Å². The van der Waals surface area contributed by atoms with Crippen LogP contribution in [0.1, 0.15) is 11.8 Å². The third-order valence-corrected chi connectivity index (χ3v) is 4.09. The summed E-state index contributed by atoms with van der Waals surface area (Å²) in [6.45, 7) is 1.67. The van der Waals surface area contributed by atoms with Gasteiger partial charge in [0.15, 0.2) is 5.96 Å². The molecule has 0 saturated heterocycles. The maximum Gasteiger partial charge on any atom is 0.573 e. The van der Waals surface area contributed by atoms with Crippen LogP contribution < -0.4 is 15.8 Å². The monoisotopic (exact) mass is 359 g/mol. The summed E-state index contributed by atoms with van der Waals surface area (Å²) in [6.07, 6.45) is -4.73. The topological polar surface area (TPSA) is 79.9 Å². The van der Waals surface area contributed by atoms with E-state index in [1.807, 2.05) is 11.4 Å². The molecule has 4 N–H and O–H groups in total. The smallest absolute Gasteiger partial charge is 0.406 e. The Morgan fingerprint density at radius 1 is 1.29 bits per heavy atom. The molecule has 0 bridgehead atoms. The fourth-order valence-electron chi connectivity index (χ4n) is 1.83. The fourth-order valence-corrected chi connectivity index (χ4v) is 2.61. The Balaban J connectivity index is 1.95. The molecule has 0 saturated carbocycles. The second-order valence-electron chi connectivity index (χ2n) is 5.15. The van der Waals surface area contributed by atoms with E-state index in [0.717, 1.165) is 17.0 Å². The average molecular weight is 359 g/mol. The molecule has 0 aliphatic carbocycles. The van der Waals surface area contributed by atoms with E-state index >= 15 is 0 Å². The molecule has 1 heterocycles. The number of ether oxygens (including phenoxy) is 1. The Morgan fingerprint density at radius 3 is 2.50 bits per heavy atom. The molecular formula is C15H16F3N3O2S. The number of benzene rings is 1. The van der Waals surface area contributed by atoms with Gasteiger partial charge in [-0.15, -0.1) is 24.5 Å². The first kappa shape index (κ1) is 18.1. The summed E-state index contributed by atoms with van der Waals surface area (Å²) in [5.74, 6) is -0.291. The molecule has 1 unspecified atom stereocenters. The molecule has 1 atom stereocenters. The van der Waals surface area contributed by atoms with Gasteiger partial charge in [-0.2, -0.15) is 0 Å². The minimum Gasteiger partial charge on any atom is -0.406 e. The number of hydrogen-bond donors (Lipinski definition) is 3. The number of thiophene rings is 1. The highest BCUT2D eigenvalue weighted by Gasteiger charge is 2.31. The number of nitrogens with two attached hydrogens (primary N) is 1. The lowest BCUT2D eigenvalue weighted by molar-refractivity contribution is -0.274. The van der Waals surface area contributed by atoms with Crippen molar-refractivity contribution in [3.8, 4) is 5.75 Å². The van der Waals surface area contributed by atoms with Crippen molar-refractivity contribution in [2.45, 2.75) is 18.9 Å². The number of aliphatic imine (C=N–C) groups is 1. The van der Waals surface area contributed by atoms with Crippen LogP contribution in [0.3, 0.4) is 0 Å². The van der Waals surface area contributed by atoms with Gasteiger partial charge in [0.05, 0.1) is 6.54 Å². The largest absolute Gasteiger partial charge is 0.573 e. The number of nitrogens with zero attached hydrogens (tertiary/aromatic N) is 1. The summed E-state index contributed by atoms with van der Waals surface area (Å²) in [4.78, 5) is 4.81. The van der Waals surface area contributed by atoms with Gasteiger partial charge in [-0.05, 0) is 42.6 Å². The first-order valence-corrected chi connectivity index (χ1v) is 7.73. The van der Waals surface area contributed by atoms with E-state index in [1.54, 1.807) is 13.0 Å². The molecule has 1 aromatic carbocycles. The van der Waals surface area contributed by atoms with Crippen LogP contribution in [0.15, 0.2) is 46.8 Å². The first-order valence-electron chi connectivity index (χ1n) is 6.85. The van der Waals surface area contributed by atoms with Crippen molar-refractivity contribution in [2.24, 2.45) is 10.7 Å². The van der Waals surface area contributed by atoms with Gasteiger partial charge < -0.3 is 20.9 Å². The zero-order valence-corrected chi connectivity index (χ0v) is 13.5. The van der Waals surface area contributed by atoms with Crippen LogP contribution >= 0.6 is 11.3 Å². The number of rotatable bonds is 5. The maximum absolute atomic E-state index is 12.1. The molecule has 0 fully saturated rings. The number of halogens is 3. The minimum absolute atomic E-state index is 0.0383. The SMILES string of the molecule is CC(O)(CN=C(N)Nc1ccc(OC(F)(F)F)cc1)c1cccs1. The minimum atomic E-state index is -4.73. The highest BCUT2D eigenvalue weighted by atomic mass is 32.1. The lowest BCUT2D eigenvalue weighted by Crippen LogP contribution is -2.29. The molecule has 130 valence electrons. The normalized spacial score (nSPS) is 15.0. The first-order chi connectivity index (χ1) is 11.2. The molecule has 0 spiro atoms. The van der Waals surface area contributed by atoms with Crippen molar-refractivity contribution in [1.29, 1.82) is 0 Å². The maximum atomic E-state index is 12.1. The predicted octanol–water partition coefficient (Wildman–Crippen LogP) is 3.28. The molecule has 5 nitrogen and oxygen atoms in total. The van der Waals surface area contributed by atoms with Gasteiger partial charge in [-0.3, -0.25) is 0 Å². The molecule has 2 rings (SSSR count). The summed E-state index contributed by atoms with van der Waals surface area (Å²) >= 11 is 1.41. The van der Waals surface area contributed by atoms with E-state index in [1.165, 1.54) is 23.5 Å². The molecule has 1 aromatic heterocycles. The highest BCUT2D eigenvalue weighted by Crippen LogP contribution is 2.26. The summed E-state index contributed by atoms with van der Waals surface area (Å²) < 4.78 is 40.0. The van der Waals surface area contributed by atoms with Gasteiger partial charge in [-0.1, -0.05) is 6.07 Å². The van der Waals surface area contributed by atoms with Crippen molar-refractivity contribution >= 4 is 23.0 Å². The van der Waals surface area contributed by atoms with Crippen LogP contribution in [-0.2, 0) is 5.60 Å². The Morgan fingerprint density at radius 2 is 1.96 bits per heavy atom. The Bertz CT molecular complexity index is 683. The van der Waals surface area contributed by atoms with Gasteiger partial charge >= 0.3 is 6.36 Å². The Kier molecular flexibility index (Phi) is 5.35. The molecule has 0 radical (unpaired) electrons. The number of alkyl halides is 3. The second kappa shape index (κ2) is 7.10. The molecule has 9 heteroatoms. The summed E-state index contributed by atoms with van der Waals surface area (Å²) in [7, 11) is 0. The molecule has 2 aromatic rings. The molecule has 0 aliphatic heterocycles. The lowest BCUT2D eigenvalue weighted by atomic mass is 10.1. The standard InChI is InChI=1S/C15H16F3N3O2S/c1-14(22,12-3-2-8-24-12)9-20-13(19)21-10-4-6-11(7-5-10)23-15(16,17)18/h2-8,22H,9H2,1H3,(H3,19,20,21). The predicted molar refractivity (Wildman–Crippen MR) is 87.1 cm³/mol. The summed E-state index contributed by atoms with van der Waals surface area (Å²) in [5.41, 5.74) is 5.02. The van der Waals surface area contributed by atoms with Crippen molar-refractivity contribution in [3.05, 3.63) is 46.7 Å². The highest BCUT2D eigenvalue weighted by molar-refractivity contribution is 7.10. The lowest BCUT2D eigenvalue weighted by Gasteiger charge is -2.19. The number of guanidine groups is 1. The van der Waals surface area contributed by atoms with Crippen LogP contribution in [0, 0.1) is 0 Å². The van der Waals surface area contributed by atoms with Gasteiger partial charge in [0.25, 0.3) is 0 Å². The van der Waals surface area contributed by atoms with Gasteiger partial charge in [-0.25, -0.2) is 4.99 Å². The van der Waals surface area contributed by atoms with E-state index in [-0.39, 0.29) is 18.3 Å². The Labute approximate surface area is 140 Å². The number of aliphatic hydroxyl groups is 1. The van der Waals surface area contributed by atoms with Crippen molar-refractivity contribution in [2.75, 3.05) is 11.9 Å². The van der Waals surface area contributed by atoms with E-state index < -0.39 is 12.0 Å². The van der Waals surface area contributed by atoms with Crippen LogP contribution in [0.2, 0.25) is 0 Å². The van der Waals surface area contributed by atoms with Crippen LogP contribution in [0.25, 0.3) is 0 Å². The van der Waals surface area contributed by atoms with E-state index in [9.17, 15) is 18.3 Å². The number of anilines is 1. The van der Waals surface area contributed by atoms with E-state index in [2.05, 4.69) is 15.0 Å². The zero-order chi connectivity index (χ0) is 17.8. The molecule has 0 aliphatic rings. The van der Waals surface area contributed by atoms with Crippen molar-refractivity contribution < 1.29 is 23.0 Å². The zero-order valence-electron chi connectivity index (χ0n) is 12.7. The summed E-state index contributed by atoms with van der Waals surface area (Å²) in [6, 6.07) is 8.69. The average Bonchev–Trinajstić information content (AvgIpc) is 3.01. The third-order valence-electron chi connectivity index (χ3n) is 2.97. The van der Waals surface area contributed by atoms with Crippen molar-refractivity contribution in [3.63, 3.8) is 0 Å². The Hall–Kier alpha value is -2.26.